The average molecular weight is 303 g/mol. The maximum Gasteiger partial charge on any atom is 0.309 e. The van der Waals surface area contributed by atoms with E-state index in [2.05, 4.69) is 31.3 Å². The summed E-state index contributed by atoms with van der Waals surface area (Å²) in [6, 6.07) is 8.12. The van der Waals surface area contributed by atoms with E-state index in [0.717, 1.165) is 24.8 Å². The summed E-state index contributed by atoms with van der Waals surface area (Å²) in [4.78, 5) is 23.4. The Kier molecular flexibility index (Phi) is 5.58. The molecule has 22 heavy (non-hydrogen) atoms. The van der Waals surface area contributed by atoms with Gasteiger partial charge in [0.2, 0.25) is 0 Å². The number of hydrogen-bond donors (Lipinski definition) is 1. The monoisotopic (exact) mass is 303 g/mol. The molecule has 1 amide bonds. The molecule has 1 atom stereocenters. The van der Waals surface area contributed by atoms with E-state index in [1.807, 2.05) is 19.1 Å². The van der Waals surface area contributed by atoms with Crippen molar-refractivity contribution in [2.24, 2.45) is 5.92 Å². The van der Waals surface area contributed by atoms with Gasteiger partial charge in [-0.1, -0.05) is 44.5 Å². The van der Waals surface area contributed by atoms with Crippen molar-refractivity contribution >= 4 is 11.9 Å². The Morgan fingerprint density at radius 2 is 1.73 bits per heavy atom. The normalized spacial score (nSPS) is 16.0. The van der Waals surface area contributed by atoms with Crippen molar-refractivity contribution in [3.05, 3.63) is 35.4 Å². The quantitative estimate of drug-likeness (QED) is 0.820. The fraction of sp³-hybridized carbons (Fsp3) is 0.556. The average Bonchev–Trinajstić information content (AvgIpc) is 2.43. The Morgan fingerprint density at radius 1 is 1.14 bits per heavy atom. The summed E-state index contributed by atoms with van der Waals surface area (Å²) in [6.07, 6.45) is 2.85. The zero-order valence-electron chi connectivity index (χ0n) is 13.6. The maximum atomic E-state index is 11.8. The zero-order chi connectivity index (χ0) is 16.1. The van der Waals surface area contributed by atoms with Gasteiger partial charge in [-0.25, -0.2) is 0 Å². The molecule has 1 aliphatic rings. The lowest BCUT2D eigenvalue weighted by Crippen LogP contribution is -2.33. The van der Waals surface area contributed by atoms with Crippen LogP contribution >= 0.6 is 0 Å². The van der Waals surface area contributed by atoms with Gasteiger partial charge in [0.05, 0.1) is 12.0 Å². The fourth-order valence-corrected chi connectivity index (χ4v) is 2.43. The maximum absolute atomic E-state index is 11.8. The van der Waals surface area contributed by atoms with Crippen LogP contribution in [0, 0.1) is 5.92 Å². The first-order chi connectivity index (χ1) is 10.5. The molecule has 0 saturated heterocycles. The van der Waals surface area contributed by atoms with E-state index in [0.29, 0.717) is 5.92 Å². The molecule has 1 aromatic carbocycles. The van der Waals surface area contributed by atoms with E-state index >= 15 is 0 Å². The number of carbonyl (C=O) groups excluding carboxylic acids is 2. The van der Waals surface area contributed by atoms with E-state index < -0.39 is 0 Å². The second-order valence-corrected chi connectivity index (χ2v) is 6.35. The van der Waals surface area contributed by atoms with E-state index in [-0.39, 0.29) is 30.4 Å². The van der Waals surface area contributed by atoms with E-state index in [1.165, 1.54) is 5.56 Å². The molecular weight excluding hydrogens is 278 g/mol. The van der Waals surface area contributed by atoms with Gasteiger partial charge in [0.25, 0.3) is 5.91 Å². The van der Waals surface area contributed by atoms with Crippen LogP contribution in [0.25, 0.3) is 0 Å². The largest absolute Gasteiger partial charge is 0.455 e. The summed E-state index contributed by atoms with van der Waals surface area (Å²) in [5.41, 5.74) is 2.32. The topological polar surface area (TPSA) is 55.4 Å². The second kappa shape index (κ2) is 7.43. The molecule has 1 fully saturated rings. The van der Waals surface area contributed by atoms with Crippen molar-refractivity contribution in [2.45, 2.75) is 52.0 Å². The first-order valence-electron chi connectivity index (χ1n) is 8.03. The molecule has 0 unspecified atom stereocenters. The third-order valence-corrected chi connectivity index (χ3v) is 4.26. The number of nitrogens with one attached hydrogen (secondary N) is 1. The van der Waals surface area contributed by atoms with E-state index in [4.69, 9.17) is 4.74 Å². The molecule has 4 heteroatoms. The lowest BCUT2D eigenvalue weighted by atomic mass is 9.86. The van der Waals surface area contributed by atoms with Crippen LogP contribution < -0.4 is 5.32 Å². The molecule has 0 heterocycles. The molecule has 1 aromatic rings. The highest BCUT2D eigenvalue weighted by molar-refractivity contribution is 5.81. The summed E-state index contributed by atoms with van der Waals surface area (Å²) in [5.74, 6) is 0.00196. The predicted octanol–water partition coefficient (Wildman–Crippen LogP) is 3.33. The summed E-state index contributed by atoms with van der Waals surface area (Å²) in [7, 11) is 0. The molecule has 0 spiro atoms. The van der Waals surface area contributed by atoms with E-state index in [9.17, 15) is 9.59 Å². The van der Waals surface area contributed by atoms with Crippen LogP contribution in [0.2, 0.25) is 0 Å². The third-order valence-electron chi connectivity index (χ3n) is 4.26. The smallest absolute Gasteiger partial charge is 0.309 e. The van der Waals surface area contributed by atoms with Crippen molar-refractivity contribution in [1.82, 2.24) is 5.32 Å². The first-order valence-corrected chi connectivity index (χ1v) is 8.03. The van der Waals surface area contributed by atoms with Crippen molar-refractivity contribution in [1.29, 1.82) is 0 Å². The van der Waals surface area contributed by atoms with Gasteiger partial charge < -0.3 is 10.1 Å². The number of amides is 1. The van der Waals surface area contributed by atoms with Crippen molar-refractivity contribution in [2.75, 3.05) is 6.61 Å². The fourth-order valence-electron chi connectivity index (χ4n) is 2.43. The van der Waals surface area contributed by atoms with Gasteiger partial charge in [-0.2, -0.15) is 0 Å². The summed E-state index contributed by atoms with van der Waals surface area (Å²) in [5, 5.41) is 2.86. The summed E-state index contributed by atoms with van der Waals surface area (Å²) >= 11 is 0. The molecule has 1 saturated carbocycles. The van der Waals surface area contributed by atoms with Gasteiger partial charge >= 0.3 is 5.97 Å². The Labute approximate surface area is 132 Å². The minimum absolute atomic E-state index is 0.00815. The molecule has 1 N–H and O–H groups in total. The van der Waals surface area contributed by atoms with E-state index in [1.54, 1.807) is 0 Å². The van der Waals surface area contributed by atoms with Crippen molar-refractivity contribution in [3.63, 3.8) is 0 Å². The lowest BCUT2D eigenvalue weighted by Gasteiger charge is -2.23. The molecule has 0 bridgehead atoms. The highest BCUT2D eigenvalue weighted by Crippen LogP contribution is 2.27. The molecule has 1 aliphatic carbocycles. The SMILES string of the molecule is CC(C)c1ccc([C@H](C)NC(=O)COC(=O)C2CCC2)cc1. The minimum Gasteiger partial charge on any atom is -0.455 e. The van der Waals surface area contributed by atoms with Crippen LogP contribution in [0.15, 0.2) is 24.3 Å². The Balaban J connectivity index is 1.78. The highest BCUT2D eigenvalue weighted by Gasteiger charge is 2.27. The number of benzene rings is 1. The second-order valence-electron chi connectivity index (χ2n) is 6.35. The number of rotatable bonds is 6. The van der Waals surface area contributed by atoms with Crippen LogP contribution in [0.5, 0.6) is 0 Å². The van der Waals surface area contributed by atoms with Gasteiger partial charge in [0.1, 0.15) is 0 Å². The summed E-state index contributed by atoms with van der Waals surface area (Å²) in [6.45, 7) is 6.03. The van der Waals surface area contributed by atoms with Gasteiger partial charge in [0, 0.05) is 0 Å². The molecule has 120 valence electrons. The van der Waals surface area contributed by atoms with Gasteiger partial charge in [-0.3, -0.25) is 9.59 Å². The number of ether oxygens (including phenoxy) is 1. The van der Waals surface area contributed by atoms with Gasteiger partial charge in [-0.15, -0.1) is 0 Å². The van der Waals surface area contributed by atoms with Gasteiger partial charge in [0.15, 0.2) is 6.61 Å². The van der Waals surface area contributed by atoms with Crippen LogP contribution in [-0.4, -0.2) is 18.5 Å². The Morgan fingerprint density at radius 3 is 2.23 bits per heavy atom. The highest BCUT2D eigenvalue weighted by atomic mass is 16.5. The zero-order valence-corrected chi connectivity index (χ0v) is 13.6. The molecular formula is C18H25NO3. The number of hydrogen-bond acceptors (Lipinski definition) is 3. The molecule has 4 nitrogen and oxygen atoms in total. The minimum atomic E-state index is -0.256. The standard InChI is InChI=1S/C18H25NO3/c1-12(2)14-7-9-15(10-8-14)13(3)19-17(20)11-22-18(21)16-5-4-6-16/h7-10,12-13,16H,4-6,11H2,1-3H3,(H,19,20)/t13-/m0/s1. The van der Waals surface area contributed by atoms with Crippen LogP contribution in [0.3, 0.4) is 0 Å². The Hall–Kier alpha value is -1.84. The number of esters is 1. The third kappa shape index (κ3) is 4.33. The first kappa shape index (κ1) is 16.5. The van der Waals surface area contributed by atoms with Crippen LogP contribution in [-0.2, 0) is 14.3 Å². The van der Waals surface area contributed by atoms with Crippen molar-refractivity contribution in [3.8, 4) is 0 Å². The lowest BCUT2D eigenvalue weighted by molar-refractivity contribution is -0.155. The molecule has 0 aromatic heterocycles. The van der Waals surface area contributed by atoms with Crippen LogP contribution in [0.1, 0.15) is 63.1 Å². The van der Waals surface area contributed by atoms with Gasteiger partial charge in [-0.05, 0) is 36.8 Å². The molecule has 0 aliphatic heterocycles. The predicted molar refractivity (Wildman–Crippen MR) is 85.4 cm³/mol. The summed E-state index contributed by atoms with van der Waals surface area (Å²) < 4.78 is 5.04. The van der Waals surface area contributed by atoms with Crippen LogP contribution in [0.4, 0.5) is 0 Å². The van der Waals surface area contributed by atoms with Crippen molar-refractivity contribution < 1.29 is 14.3 Å². The Bertz CT molecular complexity index is 518. The molecule has 2 rings (SSSR count). The number of carbonyl (C=O) groups is 2. The molecule has 0 radical (unpaired) electrons.